The Hall–Kier alpha value is -3.72. The second-order valence-corrected chi connectivity index (χ2v) is 8.78. The molecule has 3 aliphatic rings. The summed E-state index contributed by atoms with van der Waals surface area (Å²) in [5.41, 5.74) is 0.691. The van der Waals surface area contributed by atoms with Crippen molar-refractivity contribution in [1.82, 2.24) is 9.80 Å². The number of nitrogens with zero attached hydrogens (tertiary/aromatic N) is 2. The number of piperidine rings is 1. The number of carbonyl (C=O) groups excluding carboxylic acids is 3. The van der Waals surface area contributed by atoms with Crippen LogP contribution >= 0.6 is 0 Å². The zero-order chi connectivity index (χ0) is 24.4. The number of hydrogen-bond acceptors (Lipinski definition) is 7. The van der Waals surface area contributed by atoms with Gasteiger partial charge >= 0.3 is 17.8 Å². The summed E-state index contributed by atoms with van der Waals surface area (Å²) < 4.78 is 30.4. The minimum atomic E-state index is -1.91. The van der Waals surface area contributed by atoms with Crippen molar-refractivity contribution < 1.29 is 33.0 Å². The van der Waals surface area contributed by atoms with Gasteiger partial charge < -0.3 is 14.2 Å². The van der Waals surface area contributed by atoms with Gasteiger partial charge in [-0.05, 0) is 56.1 Å². The molecule has 0 aromatic heterocycles. The third kappa shape index (κ3) is 4.51. The summed E-state index contributed by atoms with van der Waals surface area (Å²) >= 11 is 0. The largest absolute Gasteiger partial charge is 0.489 e. The molecule has 0 N–H and O–H groups in total. The molecule has 1 amide bonds. The Morgan fingerprint density at radius 3 is 2.31 bits per heavy atom. The fraction of sp³-hybridized carbons (Fsp3) is 0.346. The van der Waals surface area contributed by atoms with Crippen molar-refractivity contribution >= 4 is 17.8 Å². The lowest BCUT2D eigenvalue weighted by Gasteiger charge is -2.39. The highest BCUT2D eigenvalue weighted by Gasteiger charge is 2.57. The number of hydrogen-bond donors (Lipinski definition) is 0. The van der Waals surface area contributed by atoms with E-state index in [-0.39, 0.29) is 29.9 Å². The molecule has 1 saturated heterocycles. The summed E-state index contributed by atoms with van der Waals surface area (Å²) in [5.74, 6) is -3.79. The molecule has 0 unspecified atom stereocenters. The van der Waals surface area contributed by atoms with Gasteiger partial charge in [-0.15, -0.1) is 0 Å². The van der Waals surface area contributed by atoms with Crippen LogP contribution in [-0.2, 0) is 25.0 Å². The van der Waals surface area contributed by atoms with Gasteiger partial charge in [0.05, 0.1) is 11.1 Å². The SMILES string of the molecule is O=C1C=CC(=O)OC2(O1)c1ccccc1C(=O)N2CC1CCN(CCOc2ccccc2F)CC1. The summed E-state index contributed by atoms with van der Waals surface area (Å²) in [6.45, 7) is 2.84. The van der Waals surface area contributed by atoms with Gasteiger partial charge in [0.2, 0.25) is 0 Å². The van der Waals surface area contributed by atoms with E-state index in [0.717, 1.165) is 38.1 Å². The standard InChI is InChI=1S/C26H25FN2O6/c27-21-7-3-4-8-22(21)33-16-15-28-13-11-18(12-14-28)17-29-25(32)19-5-1-2-6-20(19)26(29)34-23(30)9-10-24(31)35-26/h1-10,18H,11-17H2. The Morgan fingerprint density at radius 2 is 1.60 bits per heavy atom. The number of fused-ring (bicyclic) bond motifs is 2. The van der Waals surface area contributed by atoms with E-state index in [4.69, 9.17) is 14.2 Å². The molecule has 1 spiro atoms. The molecule has 0 atom stereocenters. The zero-order valence-corrected chi connectivity index (χ0v) is 19.0. The first-order valence-corrected chi connectivity index (χ1v) is 11.6. The highest BCUT2D eigenvalue weighted by atomic mass is 19.1. The van der Waals surface area contributed by atoms with E-state index in [9.17, 15) is 18.8 Å². The van der Waals surface area contributed by atoms with E-state index < -0.39 is 17.8 Å². The van der Waals surface area contributed by atoms with Crippen molar-refractivity contribution in [3.8, 4) is 5.75 Å². The van der Waals surface area contributed by atoms with Gasteiger partial charge in [-0.25, -0.2) is 14.0 Å². The van der Waals surface area contributed by atoms with Crippen LogP contribution in [0.3, 0.4) is 0 Å². The maximum Gasteiger partial charge on any atom is 0.375 e. The van der Waals surface area contributed by atoms with Gasteiger partial charge in [-0.1, -0.05) is 24.3 Å². The molecule has 8 nitrogen and oxygen atoms in total. The van der Waals surface area contributed by atoms with Crippen LogP contribution in [0.1, 0.15) is 28.8 Å². The van der Waals surface area contributed by atoms with Gasteiger partial charge in [0.15, 0.2) is 11.6 Å². The molecule has 3 aliphatic heterocycles. The van der Waals surface area contributed by atoms with Crippen molar-refractivity contribution in [2.75, 3.05) is 32.8 Å². The molecule has 3 heterocycles. The van der Waals surface area contributed by atoms with Crippen molar-refractivity contribution in [3.05, 3.63) is 77.6 Å². The lowest BCUT2D eigenvalue weighted by molar-refractivity contribution is -0.275. The van der Waals surface area contributed by atoms with Crippen molar-refractivity contribution in [1.29, 1.82) is 0 Å². The molecule has 182 valence electrons. The van der Waals surface area contributed by atoms with Crippen LogP contribution in [0.2, 0.25) is 0 Å². The maximum atomic E-state index is 13.7. The normalized spacial score (nSPS) is 19.9. The van der Waals surface area contributed by atoms with E-state index in [1.54, 1.807) is 42.5 Å². The lowest BCUT2D eigenvalue weighted by Crippen LogP contribution is -2.52. The van der Waals surface area contributed by atoms with Gasteiger partial charge in [0, 0.05) is 25.2 Å². The summed E-state index contributed by atoms with van der Waals surface area (Å²) in [7, 11) is 0. The molecule has 0 radical (unpaired) electrons. The first-order chi connectivity index (χ1) is 17.0. The number of carbonyl (C=O) groups is 3. The molecular weight excluding hydrogens is 455 g/mol. The van der Waals surface area contributed by atoms with Crippen molar-refractivity contribution in [3.63, 3.8) is 0 Å². The molecule has 2 aromatic carbocycles. The molecular formula is C26H25FN2O6. The summed E-state index contributed by atoms with van der Waals surface area (Å²) in [4.78, 5) is 41.5. The van der Waals surface area contributed by atoms with E-state index in [2.05, 4.69) is 4.90 Å². The number of likely N-dealkylation sites (tertiary alicyclic amines) is 1. The molecule has 2 aromatic rings. The molecule has 1 fully saturated rings. The lowest BCUT2D eigenvalue weighted by atomic mass is 9.96. The van der Waals surface area contributed by atoms with Crippen LogP contribution in [-0.4, -0.2) is 60.4 Å². The van der Waals surface area contributed by atoms with E-state index in [0.29, 0.717) is 24.3 Å². The van der Waals surface area contributed by atoms with Gasteiger partial charge in [0.25, 0.3) is 5.91 Å². The quantitative estimate of drug-likeness (QED) is 0.588. The Labute approximate surface area is 201 Å². The molecule has 5 rings (SSSR count). The number of para-hydroxylation sites is 1. The average Bonchev–Trinajstić information content (AvgIpc) is 2.97. The van der Waals surface area contributed by atoms with Crippen LogP contribution in [0.4, 0.5) is 4.39 Å². The minimum Gasteiger partial charge on any atom is -0.489 e. The number of amides is 1. The minimum absolute atomic E-state index is 0.113. The Morgan fingerprint density at radius 1 is 0.943 bits per heavy atom. The predicted molar refractivity (Wildman–Crippen MR) is 122 cm³/mol. The highest BCUT2D eigenvalue weighted by Crippen LogP contribution is 2.43. The topological polar surface area (TPSA) is 85.4 Å². The third-order valence-corrected chi connectivity index (χ3v) is 6.58. The van der Waals surface area contributed by atoms with Gasteiger partial charge in [0.1, 0.15) is 6.61 Å². The molecule has 0 saturated carbocycles. The van der Waals surface area contributed by atoms with Crippen LogP contribution < -0.4 is 4.74 Å². The zero-order valence-electron chi connectivity index (χ0n) is 19.0. The predicted octanol–water partition coefficient (Wildman–Crippen LogP) is 2.84. The second kappa shape index (κ2) is 9.50. The third-order valence-electron chi connectivity index (χ3n) is 6.58. The average molecular weight is 480 g/mol. The smallest absolute Gasteiger partial charge is 0.375 e. The van der Waals surface area contributed by atoms with E-state index in [1.807, 2.05) is 0 Å². The monoisotopic (exact) mass is 480 g/mol. The van der Waals surface area contributed by atoms with Crippen molar-refractivity contribution in [2.24, 2.45) is 5.92 Å². The summed E-state index contributed by atoms with van der Waals surface area (Å²) in [5, 5.41) is 0. The summed E-state index contributed by atoms with van der Waals surface area (Å²) in [6.07, 6.45) is 3.58. The van der Waals surface area contributed by atoms with Gasteiger partial charge in [-0.2, -0.15) is 0 Å². The number of rotatable bonds is 6. The number of benzene rings is 2. The first kappa shape index (κ1) is 23.0. The van der Waals surface area contributed by atoms with Crippen LogP contribution in [0, 0.1) is 11.7 Å². The van der Waals surface area contributed by atoms with E-state index >= 15 is 0 Å². The fourth-order valence-corrected chi connectivity index (χ4v) is 4.79. The number of esters is 2. The fourth-order valence-electron chi connectivity index (χ4n) is 4.79. The Bertz CT molecular complexity index is 1150. The number of halogens is 1. The maximum absolute atomic E-state index is 13.7. The Kier molecular flexibility index (Phi) is 6.25. The van der Waals surface area contributed by atoms with Crippen LogP contribution in [0.25, 0.3) is 0 Å². The molecule has 0 aliphatic carbocycles. The van der Waals surface area contributed by atoms with Crippen LogP contribution in [0.5, 0.6) is 5.75 Å². The first-order valence-electron chi connectivity index (χ1n) is 11.6. The highest BCUT2D eigenvalue weighted by molar-refractivity contribution is 6.01. The molecule has 9 heteroatoms. The second-order valence-electron chi connectivity index (χ2n) is 8.78. The molecule has 0 bridgehead atoms. The van der Waals surface area contributed by atoms with Crippen molar-refractivity contribution in [2.45, 2.75) is 18.8 Å². The Balaban J connectivity index is 1.23. The summed E-state index contributed by atoms with van der Waals surface area (Å²) in [6, 6.07) is 13.0. The van der Waals surface area contributed by atoms with Crippen LogP contribution in [0.15, 0.2) is 60.7 Å². The number of ether oxygens (including phenoxy) is 3. The van der Waals surface area contributed by atoms with Gasteiger partial charge in [-0.3, -0.25) is 14.6 Å². The van der Waals surface area contributed by atoms with E-state index in [1.165, 1.54) is 11.0 Å². The molecule has 35 heavy (non-hydrogen) atoms.